The summed E-state index contributed by atoms with van der Waals surface area (Å²) in [6, 6.07) is 34.8. The predicted molar refractivity (Wildman–Crippen MR) is 143 cm³/mol. The lowest BCUT2D eigenvalue weighted by atomic mass is 9.84. The third-order valence-corrected chi connectivity index (χ3v) is 8.66. The fourth-order valence-corrected chi connectivity index (χ4v) is 7.13. The second-order valence-corrected chi connectivity index (χ2v) is 10.6. The first-order valence-electron chi connectivity index (χ1n) is 12.7. The van der Waals surface area contributed by atoms with Crippen LogP contribution in [0.3, 0.4) is 0 Å². The summed E-state index contributed by atoms with van der Waals surface area (Å²) in [5.41, 5.74) is 21.5. The number of benzene rings is 5. The first-order valence-corrected chi connectivity index (χ1v) is 12.7. The fraction of sp³-hybridized carbons (Fsp3) is 0.118. The second kappa shape index (κ2) is 6.31. The van der Waals surface area contributed by atoms with Gasteiger partial charge in [0.05, 0.1) is 17.1 Å². The molecule has 9 rings (SSSR count). The molecule has 35 heavy (non-hydrogen) atoms. The lowest BCUT2D eigenvalue weighted by molar-refractivity contribution is 1.01. The number of hydrogen-bond donors (Lipinski definition) is 0. The zero-order valence-electron chi connectivity index (χ0n) is 19.4. The summed E-state index contributed by atoms with van der Waals surface area (Å²) < 4.78 is 0. The topological polar surface area (TPSA) is 3.24 Å². The van der Waals surface area contributed by atoms with Gasteiger partial charge in [0.15, 0.2) is 0 Å². The van der Waals surface area contributed by atoms with E-state index >= 15 is 0 Å². The van der Waals surface area contributed by atoms with Gasteiger partial charge >= 0.3 is 0 Å². The molecule has 0 fully saturated rings. The number of anilines is 3. The van der Waals surface area contributed by atoms with E-state index in [2.05, 4.69) is 95.9 Å². The summed E-state index contributed by atoms with van der Waals surface area (Å²) in [6.07, 6.45) is 4.09. The van der Waals surface area contributed by atoms with E-state index in [1.54, 1.807) is 0 Å². The van der Waals surface area contributed by atoms with Gasteiger partial charge in [0.2, 0.25) is 0 Å². The van der Waals surface area contributed by atoms with E-state index in [4.69, 9.17) is 0 Å². The number of para-hydroxylation sites is 1. The molecule has 0 atom stereocenters. The van der Waals surface area contributed by atoms with Crippen LogP contribution in [0.25, 0.3) is 22.3 Å². The van der Waals surface area contributed by atoms with Gasteiger partial charge in [0, 0.05) is 12.8 Å². The Bertz CT molecular complexity index is 1630. The molecular weight excluding hydrogens is 422 g/mol. The van der Waals surface area contributed by atoms with Crippen LogP contribution in [0.4, 0.5) is 17.1 Å². The third kappa shape index (κ3) is 2.33. The van der Waals surface area contributed by atoms with Gasteiger partial charge in [-0.25, -0.2) is 0 Å². The fourth-order valence-electron chi connectivity index (χ4n) is 7.13. The monoisotopic (exact) mass is 445 g/mol. The summed E-state index contributed by atoms with van der Waals surface area (Å²) in [5.74, 6) is 0. The van der Waals surface area contributed by atoms with Gasteiger partial charge in [0.25, 0.3) is 0 Å². The molecule has 0 unspecified atom stereocenters. The number of fused-ring (bicyclic) bond motifs is 10. The van der Waals surface area contributed by atoms with Crippen molar-refractivity contribution in [3.63, 3.8) is 0 Å². The number of hydrogen-bond acceptors (Lipinski definition) is 1. The lowest BCUT2D eigenvalue weighted by Crippen LogP contribution is -2.25. The molecule has 0 N–H and O–H groups in total. The average molecular weight is 446 g/mol. The van der Waals surface area contributed by atoms with Crippen molar-refractivity contribution in [2.45, 2.75) is 25.7 Å². The zero-order valence-corrected chi connectivity index (χ0v) is 19.4. The molecule has 2 heterocycles. The van der Waals surface area contributed by atoms with E-state index in [1.165, 1.54) is 83.8 Å². The van der Waals surface area contributed by atoms with Crippen molar-refractivity contribution >= 4 is 17.1 Å². The Morgan fingerprint density at radius 1 is 0.371 bits per heavy atom. The third-order valence-electron chi connectivity index (χ3n) is 8.66. The van der Waals surface area contributed by atoms with Crippen molar-refractivity contribution in [2.75, 3.05) is 4.90 Å². The molecule has 1 heteroatoms. The minimum atomic E-state index is 1.01. The van der Waals surface area contributed by atoms with Crippen LogP contribution in [0.5, 0.6) is 0 Å². The van der Waals surface area contributed by atoms with Gasteiger partial charge in [-0.1, -0.05) is 66.7 Å². The summed E-state index contributed by atoms with van der Waals surface area (Å²) in [6.45, 7) is 0. The molecule has 0 radical (unpaired) electrons. The number of nitrogens with zero attached hydrogens (tertiary/aromatic N) is 1. The Morgan fingerprint density at radius 3 is 1.37 bits per heavy atom. The SMILES string of the molecule is c1ccc2c(c1)Cc1cc3c(cc1-2)Cc1cccc2c1N3c1cc3c(cc1C2)-c1ccccc1C3. The summed E-state index contributed by atoms with van der Waals surface area (Å²) in [5, 5.41) is 0. The van der Waals surface area contributed by atoms with Crippen LogP contribution in [0.15, 0.2) is 91.0 Å². The highest BCUT2D eigenvalue weighted by Crippen LogP contribution is 2.54. The molecule has 164 valence electrons. The summed E-state index contributed by atoms with van der Waals surface area (Å²) in [4.78, 5) is 2.61. The zero-order chi connectivity index (χ0) is 22.7. The van der Waals surface area contributed by atoms with Crippen molar-refractivity contribution in [1.29, 1.82) is 0 Å². The highest BCUT2D eigenvalue weighted by Gasteiger charge is 2.34. The van der Waals surface area contributed by atoms with Gasteiger partial charge in [0.1, 0.15) is 0 Å². The summed E-state index contributed by atoms with van der Waals surface area (Å²) >= 11 is 0. The van der Waals surface area contributed by atoms with Crippen LogP contribution in [0.2, 0.25) is 0 Å². The first-order chi connectivity index (χ1) is 17.3. The molecule has 0 saturated heterocycles. The van der Waals surface area contributed by atoms with Crippen LogP contribution in [0.1, 0.15) is 44.5 Å². The maximum absolute atomic E-state index is 2.61. The minimum absolute atomic E-state index is 1.01. The molecule has 5 aromatic carbocycles. The Balaban J connectivity index is 1.29. The second-order valence-electron chi connectivity index (χ2n) is 10.6. The van der Waals surface area contributed by atoms with Crippen LogP contribution in [0, 0.1) is 0 Å². The molecule has 0 amide bonds. The van der Waals surface area contributed by atoms with E-state index < -0.39 is 0 Å². The standard InChI is InChI=1S/C34H23N/c1-3-10-28-20(6-1)12-24-18-32-26(16-30(24)28)14-22-8-5-9-23-15-27-17-31-25(19-33(27)35(32)34(22)23)13-21-7-2-4-11-29(21)31/h1-11,16-19H,12-15H2. The van der Waals surface area contributed by atoms with Crippen molar-refractivity contribution in [3.05, 3.63) is 136 Å². The highest BCUT2D eigenvalue weighted by molar-refractivity contribution is 5.93. The van der Waals surface area contributed by atoms with E-state index in [9.17, 15) is 0 Å². The van der Waals surface area contributed by atoms with E-state index in [0.29, 0.717) is 0 Å². The molecule has 2 aliphatic heterocycles. The minimum Gasteiger partial charge on any atom is -0.309 e. The largest absolute Gasteiger partial charge is 0.309 e. The maximum Gasteiger partial charge on any atom is 0.0532 e. The highest BCUT2D eigenvalue weighted by atomic mass is 15.2. The van der Waals surface area contributed by atoms with Gasteiger partial charge in [-0.15, -0.1) is 0 Å². The van der Waals surface area contributed by atoms with Crippen molar-refractivity contribution in [3.8, 4) is 22.3 Å². The maximum atomic E-state index is 2.61. The van der Waals surface area contributed by atoms with Crippen molar-refractivity contribution in [2.24, 2.45) is 0 Å². The van der Waals surface area contributed by atoms with Gasteiger partial charge in [-0.2, -0.15) is 0 Å². The molecule has 4 aliphatic rings. The molecular formula is C34H23N. The van der Waals surface area contributed by atoms with Crippen LogP contribution in [-0.4, -0.2) is 0 Å². The molecule has 2 aliphatic carbocycles. The van der Waals surface area contributed by atoms with Gasteiger partial charge < -0.3 is 4.90 Å². The molecule has 5 aromatic rings. The molecule has 0 saturated carbocycles. The molecule has 1 nitrogen and oxygen atoms in total. The van der Waals surface area contributed by atoms with Gasteiger partial charge in [-0.05, 0) is 104 Å². The van der Waals surface area contributed by atoms with E-state index in [1.807, 2.05) is 0 Å². The van der Waals surface area contributed by atoms with Crippen LogP contribution >= 0.6 is 0 Å². The summed E-state index contributed by atoms with van der Waals surface area (Å²) in [7, 11) is 0. The Morgan fingerprint density at radius 2 is 0.829 bits per heavy atom. The Hall–Kier alpha value is -4.10. The van der Waals surface area contributed by atoms with Crippen LogP contribution in [-0.2, 0) is 25.7 Å². The molecule has 0 spiro atoms. The average Bonchev–Trinajstić information content (AvgIpc) is 3.43. The van der Waals surface area contributed by atoms with E-state index in [0.717, 1.165) is 25.7 Å². The quantitative estimate of drug-likeness (QED) is 0.228. The van der Waals surface area contributed by atoms with E-state index in [-0.39, 0.29) is 0 Å². The normalized spacial score (nSPS) is 14.9. The smallest absolute Gasteiger partial charge is 0.0532 e. The number of rotatable bonds is 0. The van der Waals surface area contributed by atoms with Gasteiger partial charge in [-0.3, -0.25) is 0 Å². The van der Waals surface area contributed by atoms with Crippen molar-refractivity contribution < 1.29 is 0 Å². The van der Waals surface area contributed by atoms with Crippen molar-refractivity contribution in [1.82, 2.24) is 0 Å². The Kier molecular flexibility index (Phi) is 3.29. The predicted octanol–water partition coefficient (Wildman–Crippen LogP) is 8.11. The molecule has 0 aromatic heterocycles. The first kappa shape index (κ1) is 18.3. The lowest BCUT2D eigenvalue weighted by Gasteiger charge is -2.40. The molecule has 0 bridgehead atoms. The van der Waals surface area contributed by atoms with Crippen LogP contribution < -0.4 is 4.90 Å². The Labute approximate surface area is 205 Å².